The monoisotopic (exact) mass is 418 g/mol. The highest BCUT2D eigenvalue weighted by molar-refractivity contribution is 7.89. The Labute approximate surface area is 167 Å². The summed E-state index contributed by atoms with van der Waals surface area (Å²) < 4.78 is 26.9. The van der Waals surface area contributed by atoms with E-state index in [-0.39, 0.29) is 16.8 Å². The number of nitrogens with zero attached hydrogens (tertiary/aromatic N) is 2. The summed E-state index contributed by atoms with van der Waals surface area (Å²) >= 11 is 5.84. The van der Waals surface area contributed by atoms with Crippen molar-refractivity contribution in [2.45, 2.75) is 23.8 Å². The van der Waals surface area contributed by atoms with Gasteiger partial charge in [-0.3, -0.25) is 4.79 Å². The Bertz CT molecular complexity index is 1100. The number of aromatic amines is 1. The molecule has 2 heterocycles. The van der Waals surface area contributed by atoms with Crippen molar-refractivity contribution in [2.24, 2.45) is 0 Å². The highest BCUT2D eigenvalue weighted by atomic mass is 35.5. The molecule has 1 aliphatic rings. The van der Waals surface area contributed by atoms with Crippen LogP contribution < -0.4 is 5.32 Å². The topological polar surface area (TPSA) is 95.2 Å². The van der Waals surface area contributed by atoms with Gasteiger partial charge in [-0.2, -0.15) is 4.31 Å². The lowest BCUT2D eigenvalue weighted by molar-refractivity contribution is 0.0924. The van der Waals surface area contributed by atoms with Gasteiger partial charge in [0, 0.05) is 29.7 Å². The zero-order valence-corrected chi connectivity index (χ0v) is 16.5. The molecule has 0 atom stereocenters. The van der Waals surface area contributed by atoms with Crippen molar-refractivity contribution in [3.05, 3.63) is 59.4 Å². The fourth-order valence-electron chi connectivity index (χ4n) is 3.34. The van der Waals surface area contributed by atoms with Crippen molar-refractivity contribution < 1.29 is 13.2 Å². The van der Waals surface area contributed by atoms with E-state index in [1.165, 1.54) is 16.4 Å². The lowest BCUT2D eigenvalue weighted by Gasteiger charge is -2.31. The molecule has 1 saturated heterocycles. The maximum Gasteiger partial charge on any atom is 0.251 e. The number of benzene rings is 2. The number of imidazole rings is 1. The highest BCUT2D eigenvalue weighted by Crippen LogP contribution is 2.22. The van der Waals surface area contributed by atoms with Gasteiger partial charge in [-0.1, -0.05) is 11.6 Å². The summed E-state index contributed by atoms with van der Waals surface area (Å²) in [5.41, 5.74) is 2.15. The molecule has 0 saturated carbocycles. The molecule has 146 valence electrons. The van der Waals surface area contributed by atoms with E-state index >= 15 is 0 Å². The number of hydrogen-bond acceptors (Lipinski definition) is 4. The van der Waals surface area contributed by atoms with Crippen molar-refractivity contribution in [2.75, 3.05) is 13.1 Å². The Hall–Kier alpha value is -2.42. The molecule has 1 aromatic heterocycles. The normalized spacial score (nSPS) is 16.3. The molecule has 7 nitrogen and oxygen atoms in total. The second-order valence-electron chi connectivity index (χ2n) is 6.74. The van der Waals surface area contributed by atoms with E-state index in [2.05, 4.69) is 15.3 Å². The Balaban J connectivity index is 1.38. The second-order valence-corrected chi connectivity index (χ2v) is 9.11. The van der Waals surface area contributed by atoms with E-state index in [0.717, 1.165) is 11.0 Å². The molecule has 28 heavy (non-hydrogen) atoms. The quantitative estimate of drug-likeness (QED) is 0.681. The fraction of sp³-hybridized carbons (Fsp3) is 0.263. The molecule has 1 fully saturated rings. The van der Waals surface area contributed by atoms with Gasteiger partial charge >= 0.3 is 0 Å². The molecular formula is C19H19ClN4O3S. The number of halogens is 1. The van der Waals surface area contributed by atoms with E-state index < -0.39 is 10.0 Å². The van der Waals surface area contributed by atoms with Crippen LogP contribution in [-0.2, 0) is 10.0 Å². The molecule has 0 radical (unpaired) electrons. The summed E-state index contributed by atoms with van der Waals surface area (Å²) in [6.45, 7) is 0.713. The summed E-state index contributed by atoms with van der Waals surface area (Å²) in [6, 6.07) is 11.4. The first-order chi connectivity index (χ1) is 13.4. The van der Waals surface area contributed by atoms with Crippen LogP contribution in [0.25, 0.3) is 11.0 Å². The van der Waals surface area contributed by atoms with Gasteiger partial charge in [0.15, 0.2) is 0 Å². The minimum Gasteiger partial charge on any atom is -0.349 e. The molecule has 4 rings (SSSR count). The van der Waals surface area contributed by atoms with Gasteiger partial charge in [-0.25, -0.2) is 13.4 Å². The van der Waals surface area contributed by atoms with Gasteiger partial charge < -0.3 is 10.3 Å². The number of amides is 1. The largest absolute Gasteiger partial charge is 0.349 e. The fourth-order valence-corrected chi connectivity index (χ4v) is 4.94. The average Bonchev–Trinajstić information content (AvgIpc) is 3.16. The number of H-pyrrole nitrogens is 1. The average molecular weight is 419 g/mol. The molecule has 0 aliphatic carbocycles. The molecule has 0 bridgehead atoms. The van der Waals surface area contributed by atoms with Crippen molar-refractivity contribution in [1.29, 1.82) is 0 Å². The van der Waals surface area contributed by atoms with E-state index in [0.29, 0.717) is 36.5 Å². The van der Waals surface area contributed by atoms with Crippen LogP contribution in [0, 0.1) is 0 Å². The number of hydrogen-bond donors (Lipinski definition) is 2. The molecule has 0 spiro atoms. The van der Waals surface area contributed by atoms with Gasteiger partial charge in [0.05, 0.1) is 22.3 Å². The van der Waals surface area contributed by atoms with Crippen LogP contribution in [0.3, 0.4) is 0 Å². The van der Waals surface area contributed by atoms with Crippen molar-refractivity contribution >= 4 is 38.6 Å². The van der Waals surface area contributed by atoms with E-state index in [9.17, 15) is 13.2 Å². The van der Waals surface area contributed by atoms with Gasteiger partial charge in [0.25, 0.3) is 5.91 Å². The lowest BCUT2D eigenvalue weighted by Crippen LogP contribution is -2.46. The zero-order chi connectivity index (χ0) is 19.7. The number of aromatic nitrogens is 2. The third-order valence-corrected chi connectivity index (χ3v) is 7.09. The van der Waals surface area contributed by atoms with Crippen LogP contribution in [0.15, 0.2) is 53.7 Å². The predicted molar refractivity (Wildman–Crippen MR) is 107 cm³/mol. The van der Waals surface area contributed by atoms with Crippen LogP contribution in [-0.4, -0.2) is 47.7 Å². The second kappa shape index (κ2) is 7.54. The number of fused-ring (bicyclic) bond motifs is 1. The number of nitrogens with one attached hydrogen (secondary N) is 2. The Morgan fingerprint density at radius 3 is 2.57 bits per heavy atom. The summed E-state index contributed by atoms with van der Waals surface area (Å²) in [7, 11) is -3.55. The number of carbonyl (C=O) groups is 1. The standard InChI is InChI=1S/C19H19ClN4O3S/c20-14-2-4-16(5-3-14)28(26,27)24-9-7-15(8-10-24)23-19(25)13-1-6-17-18(11-13)22-12-21-17/h1-6,11-12,15H,7-10H2,(H,21,22)(H,23,25). The Kier molecular flexibility index (Phi) is 5.09. The molecule has 3 aromatic rings. The van der Waals surface area contributed by atoms with E-state index in [1.54, 1.807) is 36.7 Å². The van der Waals surface area contributed by atoms with Crippen LogP contribution in [0.2, 0.25) is 5.02 Å². The highest BCUT2D eigenvalue weighted by Gasteiger charge is 2.30. The minimum atomic E-state index is -3.55. The Morgan fingerprint density at radius 2 is 1.86 bits per heavy atom. The predicted octanol–water partition coefficient (Wildman–Crippen LogP) is 2.80. The molecule has 1 aliphatic heterocycles. The van der Waals surface area contributed by atoms with Crippen LogP contribution >= 0.6 is 11.6 Å². The first-order valence-corrected chi connectivity index (χ1v) is 10.7. The summed E-state index contributed by atoms with van der Waals surface area (Å²) in [4.78, 5) is 19.9. The Morgan fingerprint density at radius 1 is 1.14 bits per heavy atom. The van der Waals surface area contributed by atoms with Gasteiger partial charge in [-0.15, -0.1) is 0 Å². The van der Waals surface area contributed by atoms with Gasteiger partial charge in [0.1, 0.15) is 0 Å². The summed E-state index contributed by atoms with van der Waals surface area (Å²) in [6.07, 6.45) is 2.71. The van der Waals surface area contributed by atoms with E-state index in [4.69, 9.17) is 11.6 Å². The number of carbonyl (C=O) groups excluding carboxylic acids is 1. The van der Waals surface area contributed by atoms with Crippen LogP contribution in [0.4, 0.5) is 0 Å². The number of sulfonamides is 1. The molecule has 2 N–H and O–H groups in total. The minimum absolute atomic E-state index is 0.0679. The molecule has 1 amide bonds. The smallest absolute Gasteiger partial charge is 0.251 e. The lowest BCUT2D eigenvalue weighted by atomic mass is 10.1. The third-order valence-electron chi connectivity index (χ3n) is 4.92. The third kappa shape index (κ3) is 3.76. The van der Waals surface area contributed by atoms with E-state index in [1.807, 2.05) is 0 Å². The first-order valence-electron chi connectivity index (χ1n) is 8.93. The summed E-state index contributed by atoms with van der Waals surface area (Å²) in [5, 5.41) is 3.49. The number of piperidine rings is 1. The van der Waals surface area contributed by atoms with Gasteiger partial charge in [-0.05, 0) is 55.3 Å². The first kappa shape index (κ1) is 18.9. The summed E-state index contributed by atoms with van der Waals surface area (Å²) in [5.74, 6) is -0.171. The maximum absolute atomic E-state index is 12.7. The maximum atomic E-state index is 12.7. The molecular weight excluding hydrogens is 400 g/mol. The SMILES string of the molecule is O=C(NC1CCN(S(=O)(=O)c2ccc(Cl)cc2)CC1)c1ccc2nc[nH]c2c1. The molecule has 9 heteroatoms. The number of rotatable bonds is 4. The van der Waals surface area contributed by atoms with Crippen LogP contribution in [0.1, 0.15) is 23.2 Å². The van der Waals surface area contributed by atoms with Gasteiger partial charge in [0.2, 0.25) is 10.0 Å². The van der Waals surface area contributed by atoms with Crippen molar-refractivity contribution in [3.8, 4) is 0 Å². The molecule has 2 aromatic carbocycles. The van der Waals surface area contributed by atoms with Crippen LogP contribution in [0.5, 0.6) is 0 Å². The zero-order valence-electron chi connectivity index (χ0n) is 14.9. The van der Waals surface area contributed by atoms with Crippen molar-refractivity contribution in [3.63, 3.8) is 0 Å². The van der Waals surface area contributed by atoms with Crippen molar-refractivity contribution in [1.82, 2.24) is 19.6 Å². The molecule has 0 unspecified atom stereocenters.